The lowest BCUT2D eigenvalue weighted by Gasteiger charge is -2.09. The Morgan fingerprint density at radius 2 is 1.86 bits per heavy atom. The zero-order valence-corrected chi connectivity index (χ0v) is 12.7. The molecule has 0 aromatic heterocycles. The van der Waals surface area contributed by atoms with Gasteiger partial charge in [-0.05, 0) is 25.0 Å². The van der Waals surface area contributed by atoms with Gasteiger partial charge >= 0.3 is 5.97 Å². The first-order valence-corrected chi connectivity index (χ1v) is 7.28. The zero-order valence-electron chi connectivity index (χ0n) is 12.7. The molecule has 0 bridgehead atoms. The Morgan fingerprint density at radius 3 is 2.57 bits per heavy atom. The number of carbonyl (C=O) groups is 2. The van der Waals surface area contributed by atoms with E-state index in [1.54, 1.807) is 24.3 Å². The highest BCUT2D eigenvalue weighted by Crippen LogP contribution is 2.17. The standard InChI is InChI=1S/C16H23NO4/c1-3-4-11-20-12-7-10-17-16(19)14-8-5-6-9-15(14)21-13(2)18/h5-6,8-9H,3-4,7,10-12H2,1-2H3,(H,17,19). The highest BCUT2D eigenvalue weighted by Gasteiger charge is 2.12. The number of ether oxygens (including phenoxy) is 2. The van der Waals surface area contributed by atoms with Gasteiger partial charge in [0.15, 0.2) is 0 Å². The summed E-state index contributed by atoms with van der Waals surface area (Å²) < 4.78 is 10.4. The summed E-state index contributed by atoms with van der Waals surface area (Å²) in [5, 5.41) is 2.79. The lowest BCUT2D eigenvalue weighted by Crippen LogP contribution is -2.26. The van der Waals surface area contributed by atoms with Crippen LogP contribution in [0.1, 0.15) is 43.5 Å². The smallest absolute Gasteiger partial charge is 0.308 e. The molecule has 0 heterocycles. The molecule has 5 nitrogen and oxygen atoms in total. The SMILES string of the molecule is CCCCOCCCNC(=O)c1ccccc1OC(C)=O. The van der Waals surface area contributed by atoms with E-state index in [2.05, 4.69) is 12.2 Å². The second-order valence-corrected chi connectivity index (χ2v) is 4.67. The van der Waals surface area contributed by atoms with Crippen LogP contribution in [0.4, 0.5) is 0 Å². The Labute approximate surface area is 125 Å². The van der Waals surface area contributed by atoms with E-state index in [-0.39, 0.29) is 11.7 Å². The van der Waals surface area contributed by atoms with Gasteiger partial charge in [0.1, 0.15) is 5.75 Å². The van der Waals surface area contributed by atoms with E-state index in [0.717, 1.165) is 25.9 Å². The Kier molecular flexibility index (Phi) is 8.12. The fraction of sp³-hybridized carbons (Fsp3) is 0.500. The summed E-state index contributed by atoms with van der Waals surface area (Å²) in [4.78, 5) is 23.0. The molecule has 0 saturated carbocycles. The van der Waals surface area contributed by atoms with E-state index in [4.69, 9.17) is 9.47 Å². The van der Waals surface area contributed by atoms with Gasteiger partial charge in [-0.3, -0.25) is 9.59 Å². The van der Waals surface area contributed by atoms with Gasteiger partial charge in [0.2, 0.25) is 0 Å². The van der Waals surface area contributed by atoms with Gasteiger partial charge in [0, 0.05) is 26.7 Å². The summed E-state index contributed by atoms with van der Waals surface area (Å²) >= 11 is 0. The van der Waals surface area contributed by atoms with E-state index in [1.807, 2.05) is 0 Å². The molecule has 1 aromatic rings. The van der Waals surface area contributed by atoms with E-state index < -0.39 is 5.97 Å². The largest absolute Gasteiger partial charge is 0.426 e. The minimum atomic E-state index is -0.445. The van der Waals surface area contributed by atoms with Gasteiger partial charge in [-0.25, -0.2) is 0 Å². The van der Waals surface area contributed by atoms with E-state index >= 15 is 0 Å². The highest BCUT2D eigenvalue weighted by atomic mass is 16.5. The summed E-state index contributed by atoms with van der Waals surface area (Å²) in [6.07, 6.45) is 2.93. The molecule has 0 saturated heterocycles. The molecule has 0 atom stereocenters. The van der Waals surface area contributed by atoms with Crippen molar-refractivity contribution in [1.29, 1.82) is 0 Å². The van der Waals surface area contributed by atoms with Crippen molar-refractivity contribution in [2.75, 3.05) is 19.8 Å². The number of unbranched alkanes of at least 4 members (excludes halogenated alkanes) is 1. The van der Waals surface area contributed by atoms with Crippen LogP contribution >= 0.6 is 0 Å². The first-order valence-electron chi connectivity index (χ1n) is 7.28. The normalized spacial score (nSPS) is 10.2. The van der Waals surface area contributed by atoms with Crippen molar-refractivity contribution in [2.24, 2.45) is 0 Å². The second kappa shape index (κ2) is 9.94. The topological polar surface area (TPSA) is 64.6 Å². The monoisotopic (exact) mass is 293 g/mol. The Bertz CT molecular complexity index is 459. The first-order chi connectivity index (χ1) is 10.1. The molecule has 1 N–H and O–H groups in total. The molecular formula is C16H23NO4. The fourth-order valence-electron chi connectivity index (χ4n) is 1.72. The van der Waals surface area contributed by atoms with Gasteiger partial charge < -0.3 is 14.8 Å². The van der Waals surface area contributed by atoms with Crippen molar-refractivity contribution in [1.82, 2.24) is 5.32 Å². The third-order valence-corrected chi connectivity index (χ3v) is 2.78. The third kappa shape index (κ3) is 6.90. The quantitative estimate of drug-likeness (QED) is 0.432. The van der Waals surface area contributed by atoms with Crippen LogP contribution in [0.15, 0.2) is 24.3 Å². The zero-order chi connectivity index (χ0) is 15.5. The molecule has 5 heteroatoms. The molecule has 116 valence electrons. The first kappa shape index (κ1) is 17.2. The van der Waals surface area contributed by atoms with Gasteiger partial charge in [-0.1, -0.05) is 25.5 Å². The van der Waals surface area contributed by atoms with Crippen LogP contribution < -0.4 is 10.1 Å². The predicted molar refractivity (Wildman–Crippen MR) is 80.4 cm³/mol. The Balaban J connectivity index is 2.36. The van der Waals surface area contributed by atoms with Crippen LogP contribution in [-0.4, -0.2) is 31.6 Å². The Morgan fingerprint density at radius 1 is 1.14 bits per heavy atom. The number of hydrogen-bond donors (Lipinski definition) is 1. The van der Waals surface area contributed by atoms with Crippen molar-refractivity contribution < 1.29 is 19.1 Å². The molecular weight excluding hydrogens is 270 g/mol. The van der Waals surface area contributed by atoms with Crippen molar-refractivity contribution in [2.45, 2.75) is 33.1 Å². The molecule has 1 rings (SSSR count). The van der Waals surface area contributed by atoms with Gasteiger partial charge in [-0.2, -0.15) is 0 Å². The lowest BCUT2D eigenvalue weighted by atomic mass is 10.2. The Hall–Kier alpha value is -1.88. The number of nitrogens with one attached hydrogen (secondary N) is 1. The number of carbonyl (C=O) groups excluding carboxylic acids is 2. The minimum absolute atomic E-state index is 0.250. The predicted octanol–water partition coefficient (Wildman–Crippen LogP) is 2.55. The fourth-order valence-corrected chi connectivity index (χ4v) is 1.72. The lowest BCUT2D eigenvalue weighted by molar-refractivity contribution is -0.131. The summed E-state index contributed by atoms with van der Waals surface area (Å²) in [7, 11) is 0. The van der Waals surface area contributed by atoms with E-state index in [9.17, 15) is 9.59 Å². The van der Waals surface area contributed by atoms with Gasteiger partial charge in [0.25, 0.3) is 5.91 Å². The molecule has 21 heavy (non-hydrogen) atoms. The van der Waals surface area contributed by atoms with E-state index in [0.29, 0.717) is 18.7 Å². The van der Waals surface area contributed by atoms with Crippen LogP contribution in [-0.2, 0) is 9.53 Å². The molecule has 1 aromatic carbocycles. The van der Waals surface area contributed by atoms with Crippen LogP contribution in [0.25, 0.3) is 0 Å². The average Bonchev–Trinajstić information content (AvgIpc) is 2.46. The molecule has 0 aliphatic rings. The van der Waals surface area contributed by atoms with Gasteiger partial charge in [0.05, 0.1) is 5.56 Å². The molecule has 0 unspecified atom stereocenters. The minimum Gasteiger partial charge on any atom is -0.426 e. The maximum atomic E-state index is 12.0. The van der Waals surface area contributed by atoms with Crippen molar-refractivity contribution >= 4 is 11.9 Å². The molecule has 1 amide bonds. The maximum absolute atomic E-state index is 12.0. The number of esters is 1. The van der Waals surface area contributed by atoms with Crippen molar-refractivity contribution in [3.8, 4) is 5.75 Å². The molecule has 0 aliphatic carbocycles. The summed E-state index contributed by atoms with van der Waals surface area (Å²) in [5.74, 6) is -0.415. The molecule has 0 aliphatic heterocycles. The average molecular weight is 293 g/mol. The van der Waals surface area contributed by atoms with Crippen LogP contribution in [0.2, 0.25) is 0 Å². The van der Waals surface area contributed by atoms with Crippen LogP contribution in [0.3, 0.4) is 0 Å². The van der Waals surface area contributed by atoms with Crippen LogP contribution in [0.5, 0.6) is 5.75 Å². The third-order valence-electron chi connectivity index (χ3n) is 2.78. The van der Waals surface area contributed by atoms with E-state index in [1.165, 1.54) is 6.92 Å². The highest BCUT2D eigenvalue weighted by molar-refractivity contribution is 5.97. The van der Waals surface area contributed by atoms with Gasteiger partial charge in [-0.15, -0.1) is 0 Å². The number of amides is 1. The molecule has 0 spiro atoms. The second-order valence-electron chi connectivity index (χ2n) is 4.67. The van der Waals surface area contributed by atoms with Crippen LogP contribution in [0, 0.1) is 0 Å². The summed E-state index contributed by atoms with van der Waals surface area (Å²) in [5.41, 5.74) is 0.361. The number of hydrogen-bond acceptors (Lipinski definition) is 4. The summed E-state index contributed by atoms with van der Waals surface area (Å²) in [6.45, 7) is 5.34. The maximum Gasteiger partial charge on any atom is 0.308 e. The number of benzene rings is 1. The molecule has 0 radical (unpaired) electrons. The summed E-state index contributed by atoms with van der Waals surface area (Å²) in [6, 6.07) is 6.68. The van der Waals surface area contributed by atoms with Crippen molar-refractivity contribution in [3.63, 3.8) is 0 Å². The molecule has 0 fully saturated rings. The van der Waals surface area contributed by atoms with Crippen molar-refractivity contribution in [3.05, 3.63) is 29.8 Å². The number of rotatable bonds is 9. The number of para-hydroxylation sites is 1.